The molecule has 1 aliphatic rings. The van der Waals surface area contributed by atoms with Crippen LogP contribution in [-0.2, 0) is 0 Å². The Morgan fingerprint density at radius 1 is 1.43 bits per heavy atom. The Bertz CT molecular complexity index is 699. The van der Waals surface area contributed by atoms with E-state index in [9.17, 15) is 10.1 Å². The fraction of sp³-hybridized carbons (Fsp3) is 0.400. The molecule has 1 aliphatic carbocycles. The zero-order chi connectivity index (χ0) is 15.0. The molecule has 1 saturated carbocycles. The van der Waals surface area contributed by atoms with E-state index in [1.165, 1.54) is 25.1 Å². The maximum absolute atomic E-state index is 11.1. The highest BCUT2D eigenvalue weighted by Crippen LogP contribution is 2.42. The number of aromatic nitrogens is 1. The van der Waals surface area contributed by atoms with Crippen LogP contribution in [0.2, 0.25) is 0 Å². The van der Waals surface area contributed by atoms with Gasteiger partial charge in [0.25, 0.3) is 5.69 Å². The van der Waals surface area contributed by atoms with Gasteiger partial charge in [-0.3, -0.25) is 15.1 Å². The van der Waals surface area contributed by atoms with Gasteiger partial charge < -0.3 is 11.1 Å². The molecule has 0 amide bonds. The van der Waals surface area contributed by atoms with Crippen LogP contribution in [0.4, 0.5) is 11.4 Å². The summed E-state index contributed by atoms with van der Waals surface area (Å²) in [5.74, 6) is 0.564. The minimum absolute atomic E-state index is 0.0736. The molecule has 110 valence electrons. The Balaban J connectivity index is 2.07. The average Bonchev–Trinajstić information content (AvgIpc) is 3.32. The third-order valence-electron chi connectivity index (χ3n) is 4.31. The van der Waals surface area contributed by atoms with Crippen LogP contribution in [0, 0.1) is 16.0 Å². The van der Waals surface area contributed by atoms with Crippen LogP contribution in [-0.4, -0.2) is 22.0 Å². The third-order valence-corrected chi connectivity index (χ3v) is 4.31. The molecule has 21 heavy (non-hydrogen) atoms. The largest absolute Gasteiger partial charge is 0.378 e. The Morgan fingerprint density at radius 3 is 2.81 bits per heavy atom. The number of hydrogen-bond donors (Lipinski definition) is 2. The van der Waals surface area contributed by atoms with Crippen molar-refractivity contribution in [1.29, 1.82) is 0 Å². The summed E-state index contributed by atoms with van der Waals surface area (Å²) >= 11 is 0. The Hall–Kier alpha value is -2.21. The quantitative estimate of drug-likeness (QED) is 0.651. The molecule has 1 fully saturated rings. The maximum Gasteiger partial charge on any atom is 0.278 e. The van der Waals surface area contributed by atoms with Crippen LogP contribution < -0.4 is 11.1 Å². The predicted molar refractivity (Wildman–Crippen MR) is 82.2 cm³/mol. The van der Waals surface area contributed by atoms with Crippen LogP contribution >= 0.6 is 0 Å². The monoisotopic (exact) mass is 286 g/mol. The lowest BCUT2D eigenvalue weighted by atomic mass is 9.94. The van der Waals surface area contributed by atoms with Crippen molar-refractivity contribution in [2.45, 2.75) is 25.3 Å². The predicted octanol–water partition coefficient (Wildman–Crippen LogP) is 2.68. The van der Waals surface area contributed by atoms with Crippen LogP contribution in [0.1, 0.15) is 19.8 Å². The number of nitrogens with zero attached hydrogens (tertiary/aromatic N) is 2. The summed E-state index contributed by atoms with van der Waals surface area (Å²) in [7, 11) is 0. The van der Waals surface area contributed by atoms with Crippen LogP contribution in [0.25, 0.3) is 10.8 Å². The zero-order valence-electron chi connectivity index (χ0n) is 11.9. The van der Waals surface area contributed by atoms with Gasteiger partial charge in [0.1, 0.15) is 0 Å². The smallest absolute Gasteiger partial charge is 0.278 e. The van der Waals surface area contributed by atoms with Gasteiger partial charge >= 0.3 is 0 Å². The number of nitro benzene ring substituents is 1. The molecular weight excluding hydrogens is 268 g/mol. The van der Waals surface area contributed by atoms with Crippen molar-refractivity contribution in [2.75, 3.05) is 11.9 Å². The highest BCUT2D eigenvalue weighted by Gasteiger charge is 2.40. The van der Waals surface area contributed by atoms with E-state index in [1.807, 2.05) is 0 Å². The van der Waals surface area contributed by atoms with Crippen molar-refractivity contribution in [3.63, 3.8) is 0 Å². The van der Waals surface area contributed by atoms with Gasteiger partial charge in [0.2, 0.25) is 0 Å². The number of benzene rings is 1. The molecule has 1 aromatic carbocycles. The minimum atomic E-state index is -0.378. The van der Waals surface area contributed by atoms with E-state index < -0.39 is 0 Å². The number of nitrogens with one attached hydrogen (secondary N) is 1. The summed E-state index contributed by atoms with van der Waals surface area (Å²) in [4.78, 5) is 14.7. The number of nitrogens with two attached hydrogens (primary N) is 1. The molecule has 0 bridgehead atoms. The van der Waals surface area contributed by atoms with Crippen molar-refractivity contribution in [3.05, 3.63) is 40.7 Å². The SMILES string of the molecule is CC(CN)(Nc1ccc([N+](=O)[O-])c2cnccc12)C1CC1. The fourth-order valence-electron chi connectivity index (χ4n) is 2.79. The van der Waals surface area contributed by atoms with Crippen LogP contribution in [0.5, 0.6) is 0 Å². The van der Waals surface area contributed by atoms with Gasteiger partial charge in [-0.25, -0.2) is 0 Å². The summed E-state index contributed by atoms with van der Waals surface area (Å²) in [5, 5.41) is 16.0. The number of pyridine rings is 1. The summed E-state index contributed by atoms with van der Waals surface area (Å²) in [6.07, 6.45) is 5.53. The topological polar surface area (TPSA) is 94.1 Å². The first-order valence-electron chi connectivity index (χ1n) is 7.04. The molecule has 1 atom stereocenters. The zero-order valence-corrected chi connectivity index (χ0v) is 11.9. The number of non-ortho nitro benzene ring substituents is 1. The summed E-state index contributed by atoms with van der Waals surface area (Å²) in [6.45, 7) is 2.64. The van der Waals surface area contributed by atoms with Crippen molar-refractivity contribution >= 4 is 22.1 Å². The summed E-state index contributed by atoms with van der Waals surface area (Å²) in [6, 6.07) is 5.08. The second-order valence-corrected chi connectivity index (χ2v) is 5.83. The molecular formula is C15H18N4O2. The molecule has 0 spiro atoms. The number of fused-ring (bicyclic) bond motifs is 1. The van der Waals surface area contributed by atoms with Gasteiger partial charge in [0.15, 0.2) is 0 Å². The average molecular weight is 286 g/mol. The Morgan fingerprint density at radius 2 is 2.19 bits per heavy atom. The maximum atomic E-state index is 11.1. The molecule has 1 heterocycles. The third kappa shape index (κ3) is 2.42. The van der Waals surface area contributed by atoms with Crippen molar-refractivity contribution in [1.82, 2.24) is 4.98 Å². The lowest BCUT2D eigenvalue weighted by molar-refractivity contribution is -0.383. The van der Waals surface area contributed by atoms with E-state index in [-0.39, 0.29) is 16.1 Å². The lowest BCUT2D eigenvalue weighted by Gasteiger charge is -2.31. The number of nitro groups is 1. The number of anilines is 1. The lowest BCUT2D eigenvalue weighted by Crippen LogP contribution is -2.44. The van der Waals surface area contributed by atoms with Crippen LogP contribution in [0.3, 0.4) is 0 Å². The number of hydrogen-bond acceptors (Lipinski definition) is 5. The van der Waals surface area contributed by atoms with E-state index in [2.05, 4.69) is 17.2 Å². The van der Waals surface area contributed by atoms with E-state index in [4.69, 9.17) is 5.73 Å². The first kappa shape index (κ1) is 13.8. The van der Waals surface area contributed by atoms with Crippen molar-refractivity contribution < 1.29 is 4.92 Å². The number of rotatable bonds is 5. The van der Waals surface area contributed by atoms with Gasteiger partial charge in [-0.15, -0.1) is 0 Å². The van der Waals surface area contributed by atoms with E-state index >= 15 is 0 Å². The molecule has 0 radical (unpaired) electrons. The Kier molecular flexibility index (Phi) is 3.25. The van der Waals surface area contributed by atoms with E-state index in [0.717, 1.165) is 11.1 Å². The van der Waals surface area contributed by atoms with Crippen molar-refractivity contribution in [3.8, 4) is 0 Å². The molecule has 3 rings (SSSR count). The van der Waals surface area contributed by atoms with Gasteiger partial charge in [-0.1, -0.05) is 0 Å². The molecule has 2 aromatic rings. The molecule has 6 nitrogen and oxygen atoms in total. The molecule has 3 N–H and O–H groups in total. The summed E-state index contributed by atoms with van der Waals surface area (Å²) < 4.78 is 0. The highest BCUT2D eigenvalue weighted by molar-refractivity contribution is 5.99. The van der Waals surface area contributed by atoms with Gasteiger partial charge in [-0.05, 0) is 37.8 Å². The molecule has 6 heteroatoms. The van der Waals surface area contributed by atoms with E-state index in [0.29, 0.717) is 17.8 Å². The highest BCUT2D eigenvalue weighted by atomic mass is 16.6. The minimum Gasteiger partial charge on any atom is -0.378 e. The second-order valence-electron chi connectivity index (χ2n) is 5.83. The summed E-state index contributed by atoms with van der Waals surface area (Å²) in [5.41, 5.74) is 6.71. The van der Waals surface area contributed by atoms with Crippen molar-refractivity contribution in [2.24, 2.45) is 11.7 Å². The molecule has 1 unspecified atom stereocenters. The first-order valence-corrected chi connectivity index (χ1v) is 7.04. The van der Waals surface area contributed by atoms with Gasteiger partial charge in [-0.2, -0.15) is 0 Å². The Labute approximate surface area is 122 Å². The van der Waals surface area contributed by atoms with E-state index in [1.54, 1.807) is 18.3 Å². The fourth-order valence-corrected chi connectivity index (χ4v) is 2.79. The molecule has 0 saturated heterocycles. The first-order chi connectivity index (χ1) is 10.0. The van der Waals surface area contributed by atoms with Gasteiger partial charge in [0.05, 0.1) is 10.3 Å². The van der Waals surface area contributed by atoms with Crippen LogP contribution in [0.15, 0.2) is 30.6 Å². The normalized spacial score (nSPS) is 17.4. The van der Waals surface area contributed by atoms with Gasteiger partial charge in [0, 0.05) is 41.6 Å². The molecule has 1 aromatic heterocycles. The molecule has 0 aliphatic heterocycles. The standard InChI is InChI=1S/C15H18N4O2/c1-15(9-16,10-2-3-10)18-13-4-5-14(19(20)21)12-8-17-7-6-11(12)13/h4-8,10,18H,2-3,9,16H2,1H3. The second kappa shape index (κ2) is 4.96.